The van der Waals surface area contributed by atoms with Gasteiger partial charge in [0.05, 0.1) is 0 Å². The molecule has 1 aliphatic rings. The van der Waals surface area contributed by atoms with Gasteiger partial charge in [-0.3, -0.25) is 9.69 Å². The van der Waals surface area contributed by atoms with E-state index in [1.807, 2.05) is 60.4 Å². The fourth-order valence-electron chi connectivity index (χ4n) is 4.55. The van der Waals surface area contributed by atoms with Crippen LogP contribution in [0.5, 0.6) is 11.5 Å². The van der Waals surface area contributed by atoms with E-state index in [-0.39, 0.29) is 17.8 Å². The average Bonchev–Trinajstić information content (AvgIpc) is 2.84. The van der Waals surface area contributed by atoms with Gasteiger partial charge in [-0.1, -0.05) is 43.3 Å². The number of carbonyl (C=O) groups is 1. The van der Waals surface area contributed by atoms with E-state index >= 15 is 0 Å². The molecule has 1 saturated heterocycles. The van der Waals surface area contributed by atoms with Gasteiger partial charge >= 0.3 is 0 Å². The first kappa shape index (κ1) is 24.0. The summed E-state index contributed by atoms with van der Waals surface area (Å²) in [6, 6.07) is 23.2. The topological polar surface area (TPSA) is 32.8 Å². The Bertz CT molecular complexity index is 1090. The molecule has 0 aliphatic carbocycles. The number of benzene rings is 3. The third-order valence-electron chi connectivity index (χ3n) is 6.37. The minimum Gasteiger partial charge on any atom is -0.457 e. The molecule has 0 radical (unpaired) electrons. The summed E-state index contributed by atoms with van der Waals surface area (Å²) in [4.78, 5) is 17.2. The maximum Gasteiger partial charge on any atom is 0.227 e. The van der Waals surface area contributed by atoms with Crippen molar-refractivity contribution in [3.8, 4) is 11.5 Å². The Morgan fingerprint density at radius 2 is 1.74 bits per heavy atom. The number of nitrogens with zero attached hydrogens (tertiary/aromatic N) is 2. The SMILES string of the molecule is CCCC(=O)N(c1ccc(C)c(F)c1)C1CCN(Cc2cccc(Oc3ccccc3)c2)CC1. The lowest BCUT2D eigenvalue weighted by molar-refractivity contribution is -0.119. The second-order valence-corrected chi connectivity index (χ2v) is 9.02. The molecule has 4 nitrogen and oxygen atoms in total. The Kier molecular flexibility index (Phi) is 7.96. The first-order valence-corrected chi connectivity index (χ1v) is 12.2. The molecule has 1 fully saturated rings. The average molecular weight is 461 g/mol. The lowest BCUT2D eigenvalue weighted by atomic mass is 10.0. The van der Waals surface area contributed by atoms with E-state index in [0.717, 1.165) is 50.4 Å². The molecule has 0 spiro atoms. The van der Waals surface area contributed by atoms with Gasteiger partial charge in [-0.15, -0.1) is 0 Å². The van der Waals surface area contributed by atoms with Gasteiger partial charge < -0.3 is 9.64 Å². The molecule has 0 unspecified atom stereocenters. The highest BCUT2D eigenvalue weighted by Crippen LogP contribution is 2.28. The van der Waals surface area contributed by atoms with E-state index < -0.39 is 0 Å². The number of carbonyl (C=O) groups excluding carboxylic acids is 1. The van der Waals surface area contributed by atoms with Crippen molar-refractivity contribution in [2.24, 2.45) is 0 Å². The number of hydrogen-bond donors (Lipinski definition) is 0. The molecule has 0 bridgehead atoms. The van der Waals surface area contributed by atoms with Crippen LogP contribution in [0.3, 0.4) is 0 Å². The Hall–Kier alpha value is -3.18. The van der Waals surface area contributed by atoms with Crippen LogP contribution in [0.15, 0.2) is 72.8 Å². The Morgan fingerprint density at radius 1 is 1.00 bits per heavy atom. The maximum atomic E-state index is 14.3. The number of ether oxygens (including phenoxy) is 1. The van der Waals surface area contributed by atoms with Crippen LogP contribution in [-0.4, -0.2) is 29.9 Å². The summed E-state index contributed by atoms with van der Waals surface area (Å²) >= 11 is 0. The summed E-state index contributed by atoms with van der Waals surface area (Å²) in [6.07, 6.45) is 2.99. The summed E-state index contributed by atoms with van der Waals surface area (Å²) in [6.45, 7) is 6.36. The third kappa shape index (κ3) is 6.03. The Morgan fingerprint density at radius 3 is 2.44 bits per heavy atom. The van der Waals surface area contributed by atoms with Gasteiger partial charge in [-0.05, 0) is 73.7 Å². The van der Waals surface area contributed by atoms with Gasteiger partial charge in [0.2, 0.25) is 5.91 Å². The maximum absolute atomic E-state index is 14.3. The highest BCUT2D eigenvalue weighted by Gasteiger charge is 2.29. The van der Waals surface area contributed by atoms with Crippen molar-refractivity contribution < 1.29 is 13.9 Å². The van der Waals surface area contributed by atoms with E-state index in [4.69, 9.17) is 4.74 Å². The van der Waals surface area contributed by atoms with Crippen molar-refractivity contribution in [2.45, 2.75) is 52.1 Å². The van der Waals surface area contributed by atoms with Crippen molar-refractivity contribution in [1.29, 1.82) is 0 Å². The molecule has 0 saturated carbocycles. The number of aryl methyl sites for hydroxylation is 1. The zero-order valence-electron chi connectivity index (χ0n) is 20.0. The molecule has 0 N–H and O–H groups in total. The van der Waals surface area contributed by atoms with Crippen LogP contribution in [-0.2, 0) is 11.3 Å². The molecule has 34 heavy (non-hydrogen) atoms. The van der Waals surface area contributed by atoms with Crippen molar-refractivity contribution in [2.75, 3.05) is 18.0 Å². The molecule has 1 heterocycles. The summed E-state index contributed by atoms with van der Waals surface area (Å²) < 4.78 is 20.3. The minimum atomic E-state index is -0.262. The number of amides is 1. The second kappa shape index (κ2) is 11.3. The van der Waals surface area contributed by atoms with E-state index in [0.29, 0.717) is 17.7 Å². The molecule has 1 amide bonds. The van der Waals surface area contributed by atoms with Crippen LogP contribution >= 0.6 is 0 Å². The highest BCUT2D eigenvalue weighted by atomic mass is 19.1. The first-order valence-electron chi connectivity index (χ1n) is 12.2. The Balaban J connectivity index is 1.40. The summed E-state index contributed by atoms with van der Waals surface area (Å²) in [5.41, 5.74) is 2.47. The molecule has 3 aromatic carbocycles. The molecule has 1 aliphatic heterocycles. The van der Waals surface area contributed by atoms with Crippen LogP contribution < -0.4 is 9.64 Å². The predicted octanol–water partition coefficient (Wildman–Crippen LogP) is 6.72. The highest BCUT2D eigenvalue weighted by molar-refractivity contribution is 5.94. The van der Waals surface area contributed by atoms with Crippen LogP contribution in [0.1, 0.15) is 43.7 Å². The van der Waals surface area contributed by atoms with Gasteiger partial charge in [0.15, 0.2) is 0 Å². The van der Waals surface area contributed by atoms with Crippen molar-refractivity contribution >= 4 is 11.6 Å². The monoisotopic (exact) mass is 460 g/mol. The number of piperidine rings is 1. The smallest absolute Gasteiger partial charge is 0.227 e. The zero-order valence-corrected chi connectivity index (χ0v) is 20.0. The Labute approximate surface area is 202 Å². The summed E-state index contributed by atoms with van der Waals surface area (Å²) in [5.74, 6) is 1.47. The molecule has 5 heteroatoms. The number of rotatable bonds is 8. The fraction of sp³-hybridized carbons (Fsp3) is 0.345. The predicted molar refractivity (Wildman–Crippen MR) is 135 cm³/mol. The van der Waals surface area contributed by atoms with E-state index in [1.54, 1.807) is 13.0 Å². The van der Waals surface area contributed by atoms with Crippen LogP contribution in [0.2, 0.25) is 0 Å². The number of likely N-dealkylation sites (tertiary alicyclic amines) is 1. The van der Waals surface area contributed by atoms with Crippen molar-refractivity contribution in [3.63, 3.8) is 0 Å². The van der Waals surface area contributed by atoms with E-state index in [1.165, 1.54) is 11.6 Å². The summed E-state index contributed by atoms with van der Waals surface area (Å²) in [7, 11) is 0. The quantitative estimate of drug-likeness (QED) is 0.374. The molecule has 4 rings (SSSR count). The van der Waals surface area contributed by atoms with Crippen LogP contribution in [0.25, 0.3) is 0 Å². The zero-order chi connectivity index (χ0) is 23.9. The van der Waals surface area contributed by atoms with Gasteiger partial charge in [0.1, 0.15) is 17.3 Å². The lowest BCUT2D eigenvalue weighted by Crippen LogP contribution is -2.47. The molecular formula is C29H33FN2O2. The first-order chi connectivity index (χ1) is 16.5. The van der Waals surface area contributed by atoms with Gasteiger partial charge in [-0.2, -0.15) is 0 Å². The second-order valence-electron chi connectivity index (χ2n) is 9.02. The van der Waals surface area contributed by atoms with Crippen molar-refractivity contribution in [3.05, 3.63) is 89.7 Å². The van der Waals surface area contributed by atoms with Crippen molar-refractivity contribution in [1.82, 2.24) is 4.90 Å². The fourth-order valence-corrected chi connectivity index (χ4v) is 4.55. The molecule has 0 atom stereocenters. The van der Waals surface area contributed by atoms with Crippen LogP contribution in [0.4, 0.5) is 10.1 Å². The number of anilines is 1. The minimum absolute atomic E-state index is 0.0787. The van der Waals surface area contributed by atoms with Gasteiger partial charge in [0.25, 0.3) is 0 Å². The number of halogens is 1. The lowest BCUT2D eigenvalue weighted by Gasteiger charge is -2.39. The normalized spacial score (nSPS) is 14.7. The van der Waals surface area contributed by atoms with Crippen LogP contribution in [0, 0.1) is 12.7 Å². The van der Waals surface area contributed by atoms with E-state index in [2.05, 4.69) is 17.0 Å². The van der Waals surface area contributed by atoms with E-state index in [9.17, 15) is 9.18 Å². The number of hydrogen-bond acceptors (Lipinski definition) is 3. The molecule has 0 aromatic heterocycles. The standard InChI is InChI=1S/C29H33FN2O2/c1-3-8-29(33)32(25-14-13-22(2)28(30)20-25)24-15-17-31(18-16-24)21-23-9-7-12-27(19-23)34-26-10-5-4-6-11-26/h4-7,9-14,19-20,24H,3,8,15-18,21H2,1-2H3. The van der Waals surface area contributed by atoms with Gasteiger partial charge in [-0.25, -0.2) is 4.39 Å². The number of para-hydroxylation sites is 1. The molecular weight excluding hydrogens is 427 g/mol. The molecule has 3 aromatic rings. The largest absolute Gasteiger partial charge is 0.457 e. The third-order valence-corrected chi connectivity index (χ3v) is 6.37. The summed E-state index contributed by atoms with van der Waals surface area (Å²) in [5, 5.41) is 0. The van der Waals surface area contributed by atoms with Gasteiger partial charge in [0, 0.05) is 37.8 Å². The molecule has 178 valence electrons.